The molecule has 2 aromatic rings. The van der Waals surface area contributed by atoms with E-state index in [1.165, 1.54) is 30.5 Å². The largest absolute Gasteiger partial charge is 0.505 e. The zero-order valence-corrected chi connectivity index (χ0v) is 13.3. The molecule has 1 amide bonds. The van der Waals surface area contributed by atoms with Crippen LogP contribution in [0, 0.1) is 0 Å². The number of anilines is 1. The summed E-state index contributed by atoms with van der Waals surface area (Å²) < 4.78 is 5.05. The number of phenolic OH excluding ortho intramolecular Hbond substituents is 1. The molecule has 1 aromatic carbocycles. The molecule has 0 bridgehead atoms. The predicted octanol–water partition coefficient (Wildman–Crippen LogP) is 3.82. The van der Waals surface area contributed by atoms with Crippen LogP contribution in [0.15, 0.2) is 41.0 Å². The number of aromatic hydroxyl groups is 1. The van der Waals surface area contributed by atoms with Gasteiger partial charge in [-0.25, -0.2) is 0 Å². The molecule has 0 fully saturated rings. The van der Waals surface area contributed by atoms with Gasteiger partial charge >= 0.3 is 0 Å². The van der Waals surface area contributed by atoms with Crippen molar-refractivity contribution in [2.75, 3.05) is 5.32 Å². The molecule has 3 N–H and O–H groups in total. The molecule has 8 heteroatoms. The molecular formula is C14H10Cl2N2O3S. The van der Waals surface area contributed by atoms with Crippen LogP contribution in [0.5, 0.6) is 5.75 Å². The lowest BCUT2D eigenvalue weighted by Crippen LogP contribution is -2.32. The second kappa shape index (κ2) is 7.31. The Labute approximate surface area is 141 Å². The van der Waals surface area contributed by atoms with Gasteiger partial charge in [0.15, 0.2) is 10.9 Å². The minimum Gasteiger partial charge on any atom is -0.505 e. The minimum absolute atomic E-state index is 0.0620. The van der Waals surface area contributed by atoms with Gasteiger partial charge in [-0.05, 0) is 42.6 Å². The number of phenols is 1. The lowest BCUT2D eigenvalue weighted by molar-refractivity contribution is -0.115. The second-order valence-electron chi connectivity index (χ2n) is 4.08. The summed E-state index contributed by atoms with van der Waals surface area (Å²) in [5.41, 5.74) is 0.438. The molecule has 1 heterocycles. The van der Waals surface area contributed by atoms with Crippen molar-refractivity contribution in [3.63, 3.8) is 0 Å². The smallest absolute Gasteiger partial charge is 0.250 e. The lowest BCUT2D eigenvalue weighted by atomic mass is 10.3. The highest BCUT2D eigenvalue weighted by Crippen LogP contribution is 2.34. The molecule has 0 aliphatic heterocycles. The average Bonchev–Trinajstić information content (AvgIpc) is 2.95. The molecule has 0 aliphatic rings. The van der Waals surface area contributed by atoms with Crippen LogP contribution in [-0.4, -0.2) is 16.1 Å². The molecule has 0 saturated heterocycles. The third-order valence-electron chi connectivity index (χ3n) is 2.45. The van der Waals surface area contributed by atoms with E-state index in [-0.39, 0.29) is 20.9 Å². The molecule has 1 aromatic heterocycles. The Kier molecular flexibility index (Phi) is 5.43. The summed E-state index contributed by atoms with van der Waals surface area (Å²) in [6, 6.07) is 6.28. The summed E-state index contributed by atoms with van der Waals surface area (Å²) >= 11 is 16.6. The number of halogens is 2. The third-order valence-corrected chi connectivity index (χ3v) is 3.23. The summed E-state index contributed by atoms with van der Waals surface area (Å²) in [6.45, 7) is 0. The first-order valence-electron chi connectivity index (χ1n) is 5.97. The fraction of sp³-hybridized carbons (Fsp3) is 0. The first kappa shape index (κ1) is 16.4. The topological polar surface area (TPSA) is 74.5 Å². The summed E-state index contributed by atoms with van der Waals surface area (Å²) in [4.78, 5) is 11.7. The highest BCUT2D eigenvalue weighted by Gasteiger charge is 2.08. The number of amides is 1. The van der Waals surface area contributed by atoms with Gasteiger partial charge in [0.05, 0.1) is 16.3 Å². The summed E-state index contributed by atoms with van der Waals surface area (Å²) in [5, 5.41) is 14.8. The van der Waals surface area contributed by atoms with E-state index in [0.29, 0.717) is 11.4 Å². The van der Waals surface area contributed by atoms with Crippen molar-refractivity contribution in [3.8, 4) is 5.75 Å². The normalized spacial score (nSPS) is 10.6. The SMILES string of the molecule is O=C(C=Cc1ccco1)NC(=S)Nc1cc(Cl)c(O)c(Cl)c1. The number of furan rings is 1. The molecule has 114 valence electrons. The Morgan fingerprint density at radius 3 is 2.59 bits per heavy atom. The molecule has 5 nitrogen and oxygen atoms in total. The Balaban J connectivity index is 1.94. The number of hydrogen-bond donors (Lipinski definition) is 3. The van der Waals surface area contributed by atoms with Gasteiger partial charge in [0.25, 0.3) is 0 Å². The highest BCUT2D eigenvalue weighted by atomic mass is 35.5. The molecule has 2 rings (SSSR count). The fourth-order valence-corrected chi connectivity index (χ4v) is 2.20. The fourth-order valence-electron chi connectivity index (χ4n) is 1.50. The zero-order valence-electron chi connectivity index (χ0n) is 11.0. The van der Waals surface area contributed by atoms with Crippen molar-refractivity contribution < 1.29 is 14.3 Å². The van der Waals surface area contributed by atoms with Crippen LogP contribution in [0.25, 0.3) is 6.08 Å². The minimum atomic E-state index is -0.426. The Morgan fingerprint density at radius 2 is 2.00 bits per heavy atom. The predicted molar refractivity (Wildman–Crippen MR) is 90.2 cm³/mol. The zero-order chi connectivity index (χ0) is 16.1. The van der Waals surface area contributed by atoms with E-state index in [1.807, 2.05) is 0 Å². The van der Waals surface area contributed by atoms with Crippen molar-refractivity contribution in [2.45, 2.75) is 0 Å². The first-order valence-corrected chi connectivity index (χ1v) is 7.13. The number of thiocarbonyl (C=S) groups is 1. The van der Waals surface area contributed by atoms with Crippen molar-refractivity contribution in [1.82, 2.24) is 5.32 Å². The van der Waals surface area contributed by atoms with E-state index >= 15 is 0 Å². The monoisotopic (exact) mass is 356 g/mol. The standard InChI is InChI=1S/C14H10Cl2N2O3S/c15-10-6-8(7-11(16)13(10)20)17-14(22)18-12(19)4-3-9-2-1-5-21-9/h1-7,20H,(H2,17,18,19,22). The summed E-state index contributed by atoms with van der Waals surface area (Å²) in [7, 11) is 0. The number of nitrogens with one attached hydrogen (secondary N) is 2. The molecule has 0 aliphatic carbocycles. The number of rotatable bonds is 3. The maximum atomic E-state index is 11.7. The maximum Gasteiger partial charge on any atom is 0.250 e. The van der Waals surface area contributed by atoms with Crippen molar-refractivity contribution in [2.24, 2.45) is 0 Å². The summed E-state index contributed by atoms with van der Waals surface area (Å²) in [6.07, 6.45) is 4.29. The van der Waals surface area contributed by atoms with Crippen molar-refractivity contribution in [3.05, 3.63) is 52.4 Å². The van der Waals surface area contributed by atoms with Gasteiger partial charge in [-0.15, -0.1) is 0 Å². The van der Waals surface area contributed by atoms with Crippen LogP contribution in [0.1, 0.15) is 5.76 Å². The van der Waals surface area contributed by atoms with E-state index in [0.717, 1.165) is 0 Å². The number of carbonyl (C=O) groups is 1. The lowest BCUT2D eigenvalue weighted by Gasteiger charge is -2.10. The van der Waals surface area contributed by atoms with E-state index < -0.39 is 5.91 Å². The Bertz CT molecular complexity index is 707. The van der Waals surface area contributed by atoms with Gasteiger partial charge in [0, 0.05) is 11.8 Å². The Morgan fingerprint density at radius 1 is 1.32 bits per heavy atom. The molecule has 0 saturated carbocycles. The van der Waals surface area contributed by atoms with Gasteiger partial charge in [0.2, 0.25) is 5.91 Å². The molecule has 0 radical (unpaired) electrons. The van der Waals surface area contributed by atoms with E-state index in [4.69, 9.17) is 39.8 Å². The number of hydrogen-bond acceptors (Lipinski definition) is 4. The van der Waals surface area contributed by atoms with Crippen LogP contribution in [0.3, 0.4) is 0 Å². The van der Waals surface area contributed by atoms with Gasteiger partial charge in [-0.1, -0.05) is 23.2 Å². The molecule has 0 spiro atoms. The van der Waals surface area contributed by atoms with E-state index in [9.17, 15) is 9.90 Å². The highest BCUT2D eigenvalue weighted by molar-refractivity contribution is 7.80. The van der Waals surface area contributed by atoms with Gasteiger partial charge in [-0.3, -0.25) is 10.1 Å². The quantitative estimate of drug-likeness (QED) is 0.442. The van der Waals surface area contributed by atoms with Crippen molar-refractivity contribution >= 4 is 58.2 Å². The second-order valence-corrected chi connectivity index (χ2v) is 5.30. The number of benzene rings is 1. The van der Waals surface area contributed by atoms with Crippen LogP contribution in [0.2, 0.25) is 10.0 Å². The first-order chi connectivity index (χ1) is 10.5. The van der Waals surface area contributed by atoms with Gasteiger partial charge in [0.1, 0.15) is 5.76 Å². The molecule has 0 unspecified atom stereocenters. The third kappa shape index (κ3) is 4.49. The van der Waals surface area contributed by atoms with Crippen LogP contribution >= 0.6 is 35.4 Å². The van der Waals surface area contributed by atoms with Crippen molar-refractivity contribution in [1.29, 1.82) is 0 Å². The molecule has 22 heavy (non-hydrogen) atoms. The molecule has 0 atom stereocenters. The van der Waals surface area contributed by atoms with Gasteiger partial charge in [-0.2, -0.15) is 0 Å². The van der Waals surface area contributed by atoms with Crippen LogP contribution in [-0.2, 0) is 4.79 Å². The number of carbonyl (C=O) groups excluding carboxylic acids is 1. The summed E-state index contributed by atoms with van der Waals surface area (Å²) in [5.74, 6) is -0.0961. The van der Waals surface area contributed by atoms with E-state index in [1.54, 1.807) is 12.1 Å². The maximum absolute atomic E-state index is 11.7. The van der Waals surface area contributed by atoms with Crippen LogP contribution in [0.4, 0.5) is 5.69 Å². The Hall–Kier alpha value is -2.02. The molecular weight excluding hydrogens is 347 g/mol. The van der Waals surface area contributed by atoms with Crippen LogP contribution < -0.4 is 10.6 Å². The van der Waals surface area contributed by atoms with E-state index in [2.05, 4.69) is 10.6 Å². The average molecular weight is 357 g/mol. The van der Waals surface area contributed by atoms with Gasteiger partial charge < -0.3 is 14.8 Å².